The van der Waals surface area contributed by atoms with E-state index in [4.69, 9.17) is 6.42 Å². The van der Waals surface area contributed by atoms with Crippen LogP contribution in [0.2, 0.25) is 0 Å². The van der Waals surface area contributed by atoms with Crippen LogP contribution in [0.1, 0.15) is 0 Å². The zero-order chi connectivity index (χ0) is 16.7. The van der Waals surface area contributed by atoms with Gasteiger partial charge in [0.25, 0.3) is 5.56 Å². The minimum absolute atomic E-state index is 0.157. The Kier molecular flexibility index (Phi) is 3.57. The molecule has 0 spiro atoms. The van der Waals surface area contributed by atoms with E-state index in [1.165, 1.54) is 23.4 Å². The van der Waals surface area contributed by atoms with Crippen molar-refractivity contribution in [3.8, 4) is 12.3 Å². The number of nitrogens with zero attached hydrogens (tertiary/aromatic N) is 7. The summed E-state index contributed by atoms with van der Waals surface area (Å²) in [7, 11) is 4.78. The predicted octanol–water partition coefficient (Wildman–Crippen LogP) is -0.653. The maximum atomic E-state index is 12.5. The van der Waals surface area contributed by atoms with Crippen molar-refractivity contribution >= 4 is 22.9 Å². The SMILES string of the molecule is C#CCn1c(Sc2nncn2C)nc2c1c(=O)n(C)c(=O)n2C. The highest BCUT2D eigenvalue weighted by Gasteiger charge is 2.20. The van der Waals surface area contributed by atoms with Crippen LogP contribution in [0.25, 0.3) is 11.2 Å². The predicted molar refractivity (Wildman–Crippen MR) is 84.2 cm³/mol. The van der Waals surface area contributed by atoms with Gasteiger partial charge in [0.2, 0.25) is 0 Å². The fourth-order valence-corrected chi connectivity index (χ4v) is 3.03. The largest absolute Gasteiger partial charge is 0.332 e. The molecule has 0 saturated heterocycles. The number of rotatable bonds is 3. The molecule has 3 aromatic rings. The summed E-state index contributed by atoms with van der Waals surface area (Å²) in [4.78, 5) is 28.9. The Hall–Kier alpha value is -2.80. The van der Waals surface area contributed by atoms with Gasteiger partial charge in [0.05, 0.1) is 6.54 Å². The highest BCUT2D eigenvalue weighted by atomic mass is 32.2. The molecule has 23 heavy (non-hydrogen) atoms. The molecule has 118 valence electrons. The summed E-state index contributed by atoms with van der Waals surface area (Å²) >= 11 is 1.22. The van der Waals surface area contributed by atoms with Crippen LogP contribution in [0, 0.1) is 12.3 Å². The molecule has 0 aromatic carbocycles. The zero-order valence-electron chi connectivity index (χ0n) is 12.7. The summed E-state index contributed by atoms with van der Waals surface area (Å²) in [5.74, 6) is 2.51. The Morgan fingerprint density at radius 2 is 1.96 bits per heavy atom. The Morgan fingerprint density at radius 1 is 1.22 bits per heavy atom. The number of terminal acetylenes is 1. The molecule has 0 atom stereocenters. The van der Waals surface area contributed by atoms with Gasteiger partial charge in [-0.25, -0.2) is 9.78 Å². The van der Waals surface area contributed by atoms with Crippen LogP contribution in [0.15, 0.2) is 26.2 Å². The lowest BCUT2D eigenvalue weighted by atomic mass is 10.5. The molecule has 0 fully saturated rings. The Balaban J connectivity index is 2.33. The lowest BCUT2D eigenvalue weighted by Gasteiger charge is -2.05. The summed E-state index contributed by atoms with van der Waals surface area (Å²) in [6, 6.07) is 0. The summed E-state index contributed by atoms with van der Waals surface area (Å²) in [5.41, 5.74) is -0.297. The summed E-state index contributed by atoms with van der Waals surface area (Å²) in [6.07, 6.45) is 6.98. The molecular formula is C13H13N7O2S. The Morgan fingerprint density at radius 3 is 2.57 bits per heavy atom. The highest BCUT2D eigenvalue weighted by Crippen LogP contribution is 2.26. The quantitative estimate of drug-likeness (QED) is 0.592. The molecular weight excluding hydrogens is 318 g/mol. The average molecular weight is 331 g/mol. The molecule has 3 heterocycles. The lowest BCUT2D eigenvalue weighted by molar-refractivity contribution is 0.701. The van der Waals surface area contributed by atoms with E-state index in [1.54, 1.807) is 29.6 Å². The highest BCUT2D eigenvalue weighted by molar-refractivity contribution is 7.99. The second-order valence-corrected chi connectivity index (χ2v) is 5.82. The van der Waals surface area contributed by atoms with Gasteiger partial charge >= 0.3 is 5.69 Å². The lowest BCUT2D eigenvalue weighted by Crippen LogP contribution is -2.37. The summed E-state index contributed by atoms with van der Waals surface area (Å²) < 4.78 is 5.69. The summed E-state index contributed by atoms with van der Waals surface area (Å²) in [5, 5.41) is 8.86. The minimum Gasteiger partial charge on any atom is -0.311 e. The molecule has 0 aliphatic rings. The van der Waals surface area contributed by atoms with Crippen molar-refractivity contribution in [3.63, 3.8) is 0 Å². The van der Waals surface area contributed by atoms with E-state index in [2.05, 4.69) is 21.1 Å². The second kappa shape index (κ2) is 5.44. The fraction of sp³-hybridized carbons (Fsp3) is 0.308. The van der Waals surface area contributed by atoms with Gasteiger partial charge in [-0.3, -0.25) is 13.9 Å². The van der Waals surface area contributed by atoms with E-state index in [0.29, 0.717) is 10.3 Å². The number of aryl methyl sites for hydroxylation is 2. The van der Waals surface area contributed by atoms with Crippen molar-refractivity contribution in [2.75, 3.05) is 0 Å². The van der Waals surface area contributed by atoms with Crippen molar-refractivity contribution in [1.29, 1.82) is 0 Å². The van der Waals surface area contributed by atoms with E-state index in [1.807, 2.05) is 0 Å². The second-order valence-electron chi connectivity index (χ2n) is 4.89. The van der Waals surface area contributed by atoms with Crippen LogP contribution >= 0.6 is 11.8 Å². The first-order chi connectivity index (χ1) is 11.0. The van der Waals surface area contributed by atoms with E-state index in [-0.39, 0.29) is 17.7 Å². The zero-order valence-corrected chi connectivity index (χ0v) is 13.5. The molecule has 0 saturated carbocycles. The standard InChI is InChI=1S/C13H13N7O2S/c1-5-6-20-8-9(18(3)13(22)19(4)10(8)21)15-11(20)23-12-16-14-7-17(12)2/h1,7H,6H2,2-4H3. The molecule has 0 N–H and O–H groups in total. The third-order valence-electron chi connectivity index (χ3n) is 3.41. The maximum absolute atomic E-state index is 12.5. The number of fused-ring (bicyclic) bond motifs is 1. The third kappa shape index (κ3) is 2.25. The first kappa shape index (κ1) is 15.1. The van der Waals surface area contributed by atoms with E-state index >= 15 is 0 Å². The molecule has 10 heteroatoms. The number of hydrogen-bond acceptors (Lipinski definition) is 6. The molecule has 3 rings (SSSR count). The van der Waals surface area contributed by atoms with Gasteiger partial charge in [-0.05, 0) is 11.8 Å². The van der Waals surface area contributed by atoms with E-state index in [9.17, 15) is 9.59 Å². The monoisotopic (exact) mass is 331 g/mol. The number of imidazole rings is 1. The Bertz CT molecular complexity index is 1060. The third-order valence-corrected chi connectivity index (χ3v) is 4.46. The van der Waals surface area contributed by atoms with Gasteiger partial charge in [0.15, 0.2) is 21.5 Å². The van der Waals surface area contributed by atoms with Gasteiger partial charge in [0, 0.05) is 21.1 Å². The van der Waals surface area contributed by atoms with Crippen molar-refractivity contribution in [2.24, 2.45) is 21.1 Å². The first-order valence-electron chi connectivity index (χ1n) is 6.57. The molecule has 0 aliphatic heterocycles. The van der Waals surface area contributed by atoms with Crippen LogP contribution < -0.4 is 11.2 Å². The average Bonchev–Trinajstić information content (AvgIpc) is 3.09. The van der Waals surface area contributed by atoms with Crippen LogP contribution in [0.5, 0.6) is 0 Å². The van der Waals surface area contributed by atoms with E-state index in [0.717, 1.165) is 4.57 Å². The minimum atomic E-state index is -0.442. The molecule has 9 nitrogen and oxygen atoms in total. The van der Waals surface area contributed by atoms with Gasteiger partial charge in [-0.2, -0.15) is 0 Å². The molecule has 0 unspecified atom stereocenters. The van der Waals surface area contributed by atoms with Crippen molar-refractivity contribution in [1.82, 2.24) is 33.4 Å². The molecule has 0 bridgehead atoms. The molecule has 0 radical (unpaired) electrons. The number of hydrogen-bond donors (Lipinski definition) is 0. The van der Waals surface area contributed by atoms with Gasteiger partial charge in [0.1, 0.15) is 6.33 Å². The van der Waals surface area contributed by atoms with Crippen LogP contribution in [0.4, 0.5) is 0 Å². The maximum Gasteiger partial charge on any atom is 0.332 e. The van der Waals surface area contributed by atoms with Crippen LogP contribution in [0.3, 0.4) is 0 Å². The molecule has 0 amide bonds. The van der Waals surface area contributed by atoms with Gasteiger partial charge in [-0.1, -0.05) is 5.92 Å². The molecule has 3 aromatic heterocycles. The summed E-state index contributed by atoms with van der Waals surface area (Å²) in [6.45, 7) is 0.157. The van der Waals surface area contributed by atoms with Crippen molar-refractivity contribution in [2.45, 2.75) is 16.9 Å². The normalized spacial score (nSPS) is 11.0. The van der Waals surface area contributed by atoms with Crippen LogP contribution in [-0.4, -0.2) is 33.4 Å². The topological polar surface area (TPSA) is 92.5 Å². The Labute approximate surface area is 134 Å². The smallest absolute Gasteiger partial charge is 0.311 e. The number of aromatic nitrogens is 7. The van der Waals surface area contributed by atoms with Crippen molar-refractivity contribution in [3.05, 3.63) is 27.2 Å². The van der Waals surface area contributed by atoms with Crippen LogP contribution in [-0.2, 0) is 27.7 Å². The van der Waals surface area contributed by atoms with Gasteiger partial charge in [-0.15, -0.1) is 16.6 Å². The first-order valence-corrected chi connectivity index (χ1v) is 7.39. The van der Waals surface area contributed by atoms with E-state index < -0.39 is 11.2 Å². The molecule has 0 aliphatic carbocycles. The van der Waals surface area contributed by atoms with Crippen molar-refractivity contribution < 1.29 is 0 Å². The fourth-order valence-electron chi connectivity index (χ4n) is 2.19. The van der Waals surface area contributed by atoms with Gasteiger partial charge < -0.3 is 9.13 Å².